The minimum absolute atomic E-state index is 0.183. The van der Waals surface area contributed by atoms with Gasteiger partial charge in [0, 0.05) is 36.3 Å². The molecule has 1 saturated heterocycles. The Morgan fingerprint density at radius 2 is 2.07 bits per heavy atom. The first-order valence-electron chi connectivity index (χ1n) is 13.3. The van der Waals surface area contributed by atoms with E-state index in [9.17, 15) is 18.7 Å². The smallest absolute Gasteiger partial charge is 0.246 e. The fraction of sp³-hybridized carbons (Fsp3) is 0.357. The van der Waals surface area contributed by atoms with Gasteiger partial charge in [-0.05, 0) is 44.0 Å². The third-order valence-electron chi connectivity index (χ3n) is 6.90. The van der Waals surface area contributed by atoms with Crippen molar-refractivity contribution in [3.8, 4) is 11.5 Å². The average molecular weight is 568 g/mol. The number of benzene rings is 2. The number of hydrogen-bond acceptors (Lipinski definition) is 9. The molecule has 1 amide bonds. The Balaban J connectivity index is 1.22. The maximum absolute atomic E-state index is 13.9. The van der Waals surface area contributed by atoms with Gasteiger partial charge in [0.25, 0.3) is 0 Å². The van der Waals surface area contributed by atoms with E-state index < -0.39 is 17.5 Å². The molecule has 0 saturated carbocycles. The van der Waals surface area contributed by atoms with Crippen molar-refractivity contribution >= 4 is 34.1 Å². The fourth-order valence-electron chi connectivity index (χ4n) is 4.86. The van der Waals surface area contributed by atoms with Gasteiger partial charge in [-0.25, -0.2) is 18.7 Å². The van der Waals surface area contributed by atoms with Gasteiger partial charge in [-0.15, -0.1) is 0 Å². The third-order valence-corrected chi connectivity index (χ3v) is 6.90. The quantitative estimate of drug-likeness (QED) is 0.220. The van der Waals surface area contributed by atoms with Crippen LogP contribution in [0.1, 0.15) is 19.3 Å². The van der Waals surface area contributed by atoms with Gasteiger partial charge < -0.3 is 25.2 Å². The van der Waals surface area contributed by atoms with Gasteiger partial charge >= 0.3 is 0 Å². The van der Waals surface area contributed by atoms with Crippen LogP contribution in [0.15, 0.2) is 48.9 Å². The summed E-state index contributed by atoms with van der Waals surface area (Å²) in [6, 6.07) is 9.03. The van der Waals surface area contributed by atoms with E-state index in [1.165, 1.54) is 23.1 Å². The van der Waals surface area contributed by atoms with Gasteiger partial charge in [-0.3, -0.25) is 14.4 Å². The zero-order valence-electron chi connectivity index (χ0n) is 22.5. The van der Waals surface area contributed by atoms with Crippen LogP contribution >= 0.6 is 0 Å². The second-order valence-corrected chi connectivity index (χ2v) is 9.63. The summed E-state index contributed by atoms with van der Waals surface area (Å²) in [5.74, 6) is -0.761. The molecule has 4 aromatic rings. The molecule has 2 aromatic carbocycles. The Morgan fingerprint density at radius 1 is 1.20 bits per heavy atom. The average Bonchev–Trinajstić information content (AvgIpc) is 3.62. The van der Waals surface area contributed by atoms with Crippen molar-refractivity contribution in [2.45, 2.75) is 31.8 Å². The van der Waals surface area contributed by atoms with E-state index in [4.69, 9.17) is 9.47 Å². The van der Waals surface area contributed by atoms with E-state index in [1.807, 2.05) is 0 Å². The molecular formula is C28H31F2N7O4. The van der Waals surface area contributed by atoms with Crippen molar-refractivity contribution < 1.29 is 28.2 Å². The van der Waals surface area contributed by atoms with Crippen molar-refractivity contribution in [2.24, 2.45) is 0 Å². The molecule has 41 heavy (non-hydrogen) atoms. The SMILES string of the molecule is COc1cc2c(Nc3ccn(CC(=O)Nc4cccc(F)c4F)n3)ncnc2cc1OCCCN1CCC[C@@H]1CO. The highest BCUT2D eigenvalue weighted by molar-refractivity contribution is 5.93. The molecule has 11 nitrogen and oxygen atoms in total. The number of hydrogen-bond donors (Lipinski definition) is 3. The molecular weight excluding hydrogens is 536 g/mol. The van der Waals surface area contributed by atoms with Crippen LogP contribution in [0.2, 0.25) is 0 Å². The van der Waals surface area contributed by atoms with Crippen LogP contribution in [0.25, 0.3) is 10.9 Å². The maximum Gasteiger partial charge on any atom is 0.246 e. The van der Waals surface area contributed by atoms with Gasteiger partial charge in [-0.2, -0.15) is 5.10 Å². The molecule has 1 aliphatic heterocycles. The summed E-state index contributed by atoms with van der Waals surface area (Å²) in [6.45, 7) is 2.31. The molecule has 1 atom stereocenters. The highest BCUT2D eigenvalue weighted by Gasteiger charge is 2.23. The topological polar surface area (TPSA) is 127 Å². The standard InChI is InChI=1S/C28H31F2N7O4/c1-40-23-13-19-22(14-24(23)41-12-4-10-36-9-3-5-18(36)16-38)31-17-32-28(19)34-25-8-11-37(35-25)15-26(39)33-21-7-2-6-20(29)27(21)30/h2,6-8,11,13-14,17-18,38H,3-5,9-10,12,15-16H2,1H3,(H,33,39)(H,31,32,34,35)/t18-/m1/s1. The largest absolute Gasteiger partial charge is 0.493 e. The number of nitrogens with one attached hydrogen (secondary N) is 2. The Labute approximate surface area is 235 Å². The number of carbonyl (C=O) groups is 1. The van der Waals surface area contributed by atoms with Crippen molar-refractivity contribution in [1.29, 1.82) is 0 Å². The van der Waals surface area contributed by atoms with Crippen LogP contribution in [-0.2, 0) is 11.3 Å². The number of fused-ring (bicyclic) bond motifs is 1. The number of aliphatic hydroxyl groups excluding tert-OH is 1. The van der Waals surface area contributed by atoms with Gasteiger partial charge in [0.2, 0.25) is 5.91 Å². The number of rotatable bonds is 12. The molecule has 13 heteroatoms. The van der Waals surface area contributed by atoms with Crippen LogP contribution in [0.3, 0.4) is 0 Å². The van der Waals surface area contributed by atoms with Crippen LogP contribution in [0.4, 0.5) is 26.1 Å². The number of amides is 1. The summed E-state index contributed by atoms with van der Waals surface area (Å²) in [4.78, 5) is 23.3. The van der Waals surface area contributed by atoms with Crippen molar-refractivity contribution in [3.05, 3.63) is 60.6 Å². The van der Waals surface area contributed by atoms with Gasteiger partial charge in [0.1, 0.15) is 18.7 Å². The van der Waals surface area contributed by atoms with Crippen LogP contribution in [0, 0.1) is 11.6 Å². The summed E-state index contributed by atoms with van der Waals surface area (Å²) >= 11 is 0. The molecule has 2 aromatic heterocycles. The molecule has 3 N–H and O–H groups in total. The molecule has 1 fully saturated rings. The second-order valence-electron chi connectivity index (χ2n) is 9.63. The van der Waals surface area contributed by atoms with Gasteiger partial charge in [0.05, 0.1) is 31.5 Å². The predicted octanol–water partition coefficient (Wildman–Crippen LogP) is 3.72. The van der Waals surface area contributed by atoms with Gasteiger partial charge in [0.15, 0.2) is 29.0 Å². The van der Waals surface area contributed by atoms with Crippen molar-refractivity contribution in [1.82, 2.24) is 24.6 Å². The van der Waals surface area contributed by atoms with E-state index in [-0.39, 0.29) is 24.9 Å². The maximum atomic E-state index is 13.9. The Morgan fingerprint density at radius 3 is 2.90 bits per heavy atom. The molecule has 0 unspecified atom stereocenters. The minimum Gasteiger partial charge on any atom is -0.493 e. The normalized spacial score (nSPS) is 15.3. The number of carbonyl (C=O) groups excluding carboxylic acids is 1. The number of aromatic nitrogens is 4. The Bertz CT molecular complexity index is 1520. The van der Waals surface area contributed by atoms with E-state index in [0.717, 1.165) is 38.4 Å². The summed E-state index contributed by atoms with van der Waals surface area (Å²) in [6.07, 6.45) is 5.94. The number of methoxy groups -OCH3 is 1. The minimum atomic E-state index is -1.12. The lowest BCUT2D eigenvalue weighted by Gasteiger charge is -2.22. The molecule has 3 heterocycles. The van der Waals surface area contributed by atoms with Crippen LogP contribution in [-0.4, -0.2) is 75.1 Å². The van der Waals surface area contributed by atoms with Crippen molar-refractivity contribution in [3.63, 3.8) is 0 Å². The lowest BCUT2D eigenvalue weighted by molar-refractivity contribution is -0.116. The lowest BCUT2D eigenvalue weighted by atomic mass is 10.2. The number of nitrogens with zero attached hydrogens (tertiary/aromatic N) is 5. The molecule has 5 rings (SSSR count). The number of likely N-dealkylation sites (tertiary alicyclic amines) is 1. The molecule has 0 spiro atoms. The molecule has 1 aliphatic rings. The van der Waals surface area contributed by atoms with E-state index in [0.29, 0.717) is 40.6 Å². The summed E-state index contributed by atoms with van der Waals surface area (Å²) in [5, 5.41) is 20.0. The number of anilines is 3. The zero-order chi connectivity index (χ0) is 28.8. The number of ether oxygens (including phenoxy) is 2. The summed E-state index contributed by atoms with van der Waals surface area (Å²) < 4.78 is 40.2. The molecule has 216 valence electrons. The lowest BCUT2D eigenvalue weighted by Crippen LogP contribution is -2.33. The predicted molar refractivity (Wildman–Crippen MR) is 148 cm³/mol. The Kier molecular flexibility index (Phi) is 8.85. The van der Waals surface area contributed by atoms with E-state index in [2.05, 4.69) is 30.6 Å². The van der Waals surface area contributed by atoms with E-state index in [1.54, 1.807) is 31.5 Å². The van der Waals surface area contributed by atoms with Crippen molar-refractivity contribution in [2.75, 3.05) is 44.0 Å². The molecule has 0 bridgehead atoms. The first-order chi connectivity index (χ1) is 19.9. The van der Waals surface area contributed by atoms with Gasteiger partial charge in [-0.1, -0.05) is 6.07 Å². The Hall–Kier alpha value is -4.36. The van der Waals surface area contributed by atoms with E-state index >= 15 is 0 Å². The summed E-state index contributed by atoms with van der Waals surface area (Å²) in [5.41, 5.74) is 0.390. The number of halogens is 2. The fourth-order valence-corrected chi connectivity index (χ4v) is 4.86. The highest BCUT2D eigenvalue weighted by Crippen LogP contribution is 2.34. The van der Waals surface area contributed by atoms with Crippen LogP contribution < -0.4 is 20.1 Å². The highest BCUT2D eigenvalue weighted by atomic mass is 19.2. The van der Waals surface area contributed by atoms with Crippen LogP contribution in [0.5, 0.6) is 11.5 Å². The molecule has 0 aliphatic carbocycles. The first kappa shape index (κ1) is 28.2. The first-order valence-corrected chi connectivity index (χ1v) is 13.3. The zero-order valence-corrected chi connectivity index (χ0v) is 22.5. The third kappa shape index (κ3) is 6.69. The summed E-state index contributed by atoms with van der Waals surface area (Å²) in [7, 11) is 1.56. The number of aliphatic hydroxyl groups is 1. The second kappa shape index (κ2) is 12.9. The monoisotopic (exact) mass is 567 g/mol. The molecule has 0 radical (unpaired) electrons.